The molecule has 104 valence electrons. The molecule has 0 saturated carbocycles. The molecule has 0 aliphatic heterocycles. The smallest absolute Gasteiger partial charge is 0.303 e. The van der Waals surface area contributed by atoms with Crippen molar-refractivity contribution in [2.24, 2.45) is 0 Å². The van der Waals surface area contributed by atoms with Crippen molar-refractivity contribution in [2.45, 2.75) is 19.8 Å². The van der Waals surface area contributed by atoms with E-state index in [0.717, 1.165) is 5.56 Å². The average molecular weight is 267 g/mol. The van der Waals surface area contributed by atoms with Crippen molar-refractivity contribution in [3.05, 3.63) is 17.7 Å². The molecule has 1 rings (SSSR count). The summed E-state index contributed by atoms with van der Waals surface area (Å²) >= 11 is 0. The number of rotatable bonds is 6. The number of aliphatic carboxylic acids is 1. The third-order valence-electron chi connectivity index (χ3n) is 2.57. The zero-order valence-corrected chi connectivity index (χ0v) is 11.1. The molecule has 19 heavy (non-hydrogen) atoms. The molecule has 0 radical (unpaired) electrons. The predicted molar refractivity (Wildman–Crippen MR) is 69.8 cm³/mol. The topological polar surface area (TPSA) is 84.9 Å². The van der Waals surface area contributed by atoms with Crippen molar-refractivity contribution < 1.29 is 24.2 Å². The number of ether oxygens (including phenoxy) is 2. The van der Waals surface area contributed by atoms with Gasteiger partial charge in [-0.1, -0.05) is 0 Å². The fourth-order valence-electron chi connectivity index (χ4n) is 1.55. The van der Waals surface area contributed by atoms with Crippen LogP contribution in [0.1, 0.15) is 18.4 Å². The standard InChI is InChI=1S/C13H17NO5/c1-8-6-10(18-2)11(19-3)7-9(8)14-12(15)4-5-13(16)17/h6-7H,4-5H2,1-3H3,(H,14,15)(H,16,17). The van der Waals surface area contributed by atoms with E-state index in [4.69, 9.17) is 14.6 Å². The van der Waals surface area contributed by atoms with Crippen LogP contribution in [0.4, 0.5) is 5.69 Å². The van der Waals surface area contributed by atoms with Crippen LogP contribution in [-0.2, 0) is 9.59 Å². The quantitative estimate of drug-likeness (QED) is 0.821. The maximum absolute atomic E-state index is 11.6. The second-order valence-corrected chi connectivity index (χ2v) is 3.96. The molecule has 6 nitrogen and oxygen atoms in total. The van der Waals surface area contributed by atoms with E-state index < -0.39 is 5.97 Å². The number of carboxylic acid groups (broad SMARTS) is 1. The van der Waals surface area contributed by atoms with Gasteiger partial charge in [0, 0.05) is 18.2 Å². The van der Waals surface area contributed by atoms with E-state index in [1.807, 2.05) is 6.92 Å². The number of amides is 1. The molecule has 0 atom stereocenters. The largest absolute Gasteiger partial charge is 0.493 e. The van der Waals surface area contributed by atoms with Crippen molar-refractivity contribution >= 4 is 17.6 Å². The number of anilines is 1. The van der Waals surface area contributed by atoms with Crippen molar-refractivity contribution in [2.75, 3.05) is 19.5 Å². The minimum atomic E-state index is -1.00. The minimum Gasteiger partial charge on any atom is -0.493 e. The lowest BCUT2D eigenvalue weighted by Gasteiger charge is -2.13. The number of nitrogens with one attached hydrogen (secondary N) is 1. The number of methoxy groups -OCH3 is 2. The molecule has 0 aliphatic rings. The number of aryl methyl sites for hydroxylation is 1. The van der Waals surface area contributed by atoms with Crippen LogP contribution in [0.25, 0.3) is 0 Å². The first-order chi connectivity index (χ1) is 8.97. The monoisotopic (exact) mass is 267 g/mol. The van der Waals surface area contributed by atoms with Gasteiger partial charge in [-0.15, -0.1) is 0 Å². The lowest BCUT2D eigenvalue weighted by molar-refractivity contribution is -0.138. The summed E-state index contributed by atoms with van der Waals surface area (Å²) in [7, 11) is 3.03. The van der Waals surface area contributed by atoms with Crippen LogP contribution >= 0.6 is 0 Å². The van der Waals surface area contributed by atoms with Crippen LogP contribution in [-0.4, -0.2) is 31.2 Å². The molecule has 0 saturated heterocycles. The highest BCUT2D eigenvalue weighted by atomic mass is 16.5. The Labute approximate surface area is 111 Å². The first-order valence-corrected chi connectivity index (χ1v) is 5.72. The van der Waals surface area contributed by atoms with Crippen LogP contribution in [0, 0.1) is 6.92 Å². The van der Waals surface area contributed by atoms with Crippen LogP contribution < -0.4 is 14.8 Å². The van der Waals surface area contributed by atoms with Gasteiger partial charge in [0.15, 0.2) is 11.5 Å². The van der Waals surface area contributed by atoms with Gasteiger partial charge >= 0.3 is 5.97 Å². The normalized spacial score (nSPS) is 9.84. The summed E-state index contributed by atoms with van der Waals surface area (Å²) in [6.45, 7) is 1.81. The molecule has 0 fully saturated rings. The Morgan fingerprint density at radius 2 is 1.74 bits per heavy atom. The van der Waals surface area contributed by atoms with Gasteiger partial charge in [0.25, 0.3) is 0 Å². The first kappa shape index (κ1) is 14.8. The average Bonchev–Trinajstić information content (AvgIpc) is 2.38. The SMILES string of the molecule is COc1cc(C)c(NC(=O)CCC(=O)O)cc1OC. The van der Waals surface area contributed by atoms with Gasteiger partial charge in [-0.3, -0.25) is 9.59 Å². The fourth-order valence-corrected chi connectivity index (χ4v) is 1.55. The number of carbonyl (C=O) groups excluding carboxylic acids is 1. The minimum absolute atomic E-state index is 0.0664. The maximum atomic E-state index is 11.6. The highest BCUT2D eigenvalue weighted by Crippen LogP contribution is 2.32. The second-order valence-electron chi connectivity index (χ2n) is 3.96. The summed E-state index contributed by atoms with van der Waals surface area (Å²) < 4.78 is 10.3. The Balaban J connectivity index is 2.83. The predicted octanol–water partition coefficient (Wildman–Crippen LogP) is 1.82. The van der Waals surface area contributed by atoms with Crippen molar-refractivity contribution in [1.82, 2.24) is 0 Å². The molecule has 1 aromatic rings. The zero-order chi connectivity index (χ0) is 14.4. The van der Waals surface area contributed by atoms with Gasteiger partial charge < -0.3 is 19.9 Å². The van der Waals surface area contributed by atoms with Crippen molar-refractivity contribution in [1.29, 1.82) is 0 Å². The Morgan fingerprint density at radius 1 is 1.16 bits per heavy atom. The van der Waals surface area contributed by atoms with Crippen molar-refractivity contribution in [3.63, 3.8) is 0 Å². The maximum Gasteiger partial charge on any atom is 0.303 e. The molecule has 1 amide bonds. The summed E-state index contributed by atoms with van der Waals surface area (Å²) in [6, 6.07) is 3.39. The lowest BCUT2D eigenvalue weighted by atomic mass is 10.1. The summed E-state index contributed by atoms with van der Waals surface area (Å²) in [5.41, 5.74) is 1.38. The lowest BCUT2D eigenvalue weighted by Crippen LogP contribution is -2.14. The van der Waals surface area contributed by atoms with E-state index in [9.17, 15) is 9.59 Å². The molecule has 0 aromatic heterocycles. The van der Waals surface area contributed by atoms with Gasteiger partial charge in [0.1, 0.15) is 0 Å². The highest BCUT2D eigenvalue weighted by Gasteiger charge is 2.11. The van der Waals surface area contributed by atoms with Gasteiger partial charge in [-0.25, -0.2) is 0 Å². The number of carboxylic acids is 1. The summed E-state index contributed by atoms with van der Waals surface area (Å²) in [5, 5.41) is 11.2. The summed E-state index contributed by atoms with van der Waals surface area (Å²) in [4.78, 5) is 22.0. The van der Waals surface area contributed by atoms with Crippen LogP contribution in [0.2, 0.25) is 0 Å². The molecule has 6 heteroatoms. The zero-order valence-electron chi connectivity index (χ0n) is 11.1. The van der Waals surface area contributed by atoms with Gasteiger partial charge in [0.05, 0.1) is 20.6 Å². The fraction of sp³-hybridized carbons (Fsp3) is 0.385. The van der Waals surface area contributed by atoms with Crippen molar-refractivity contribution in [3.8, 4) is 11.5 Å². The third-order valence-corrected chi connectivity index (χ3v) is 2.57. The van der Waals surface area contributed by atoms with Crippen LogP contribution in [0.15, 0.2) is 12.1 Å². The molecule has 0 unspecified atom stereocenters. The molecule has 0 spiro atoms. The Bertz CT molecular complexity index is 484. The van der Waals surface area contributed by atoms with Crippen LogP contribution in [0.5, 0.6) is 11.5 Å². The number of benzene rings is 1. The van der Waals surface area contributed by atoms with E-state index >= 15 is 0 Å². The molecular weight excluding hydrogens is 250 g/mol. The molecule has 1 aromatic carbocycles. The van der Waals surface area contributed by atoms with Gasteiger partial charge in [-0.05, 0) is 18.6 Å². The van der Waals surface area contributed by atoms with E-state index in [2.05, 4.69) is 5.32 Å². The number of hydrogen-bond acceptors (Lipinski definition) is 4. The van der Waals surface area contributed by atoms with Gasteiger partial charge in [0.2, 0.25) is 5.91 Å². The van der Waals surface area contributed by atoms with E-state index in [1.165, 1.54) is 14.2 Å². The summed E-state index contributed by atoms with van der Waals surface area (Å²) in [5.74, 6) is -0.276. The Hall–Kier alpha value is -2.24. The molecule has 2 N–H and O–H groups in total. The van der Waals surface area contributed by atoms with E-state index in [-0.39, 0.29) is 18.7 Å². The molecular formula is C13H17NO5. The Morgan fingerprint density at radius 3 is 2.26 bits per heavy atom. The van der Waals surface area contributed by atoms with Gasteiger partial charge in [-0.2, -0.15) is 0 Å². The molecule has 0 heterocycles. The third kappa shape index (κ3) is 4.17. The molecule has 0 bridgehead atoms. The highest BCUT2D eigenvalue weighted by molar-refractivity contribution is 5.93. The second kappa shape index (κ2) is 6.63. The van der Waals surface area contributed by atoms with E-state index in [1.54, 1.807) is 12.1 Å². The Kier molecular flexibility index (Phi) is 5.17. The summed E-state index contributed by atoms with van der Waals surface area (Å²) in [6.07, 6.45) is -0.263. The first-order valence-electron chi connectivity index (χ1n) is 5.72. The number of carbonyl (C=O) groups is 2. The molecule has 0 aliphatic carbocycles. The van der Waals surface area contributed by atoms with Crippen LogP contribution in [0.3, 0.4) is 0 Å². The number of hydrogen-bond donors (Lipinski definition) is 2. The van der Waals surface area contributed by atoms with E-state index in [0.29, 0.717) is 17.2 Å².